The first kappa shape index (κ1) is 17.8. The van der Waals surface area contributed by atoms with Crippen LogP contribution in [0.3, 0.4) is 0 Å². The van der Waals surface area contributed by atoms with Crippen molar-refractivity contribution in [2.24, 2.45) is 0 Å². The largest absolute Gasteiger partial charge is 0.452 e. The number of piperazine rings is 1. The first-order chi connectivity index (χ1) is 12.5. The molecule has 1 fully saturated rings. The van der Waals surface area contributed by atoms with Gasteiger partial charge in [0, 0.05) is 38.6 Å². The normalized spacial score (nSPS) is 14.2. The number of aromatic nitrogens is 2. The van der Waals surface area contributed by atoms with Gasteiger partial charge in [0.1, 0.15) is 0 Å². The van der Waals surface area contributed by atoms with Crippen LogP contribution in [0.2, 0.25) is 0 Å². The Hall–Kier alpha value is -2.96. The molecule has 0 unspecified atom stereocenters. The molecule has 0 N–H and O–H groups in total. The fraction of sp³-hybridized carbons (Fsp3) is 0.368. The van der Waals surface area contributed by atoms with Gasteiger partial charge in [-0.05, 0) is 32.0 Å². The molecule has 1 saturated heterocycles. The molecule has 0 radical (unpaired) electrons. The molecule has 1 aromatic carbocycles. The second kappa shape index (κ2) is 7.95. The zero-order valence-electron chi connectivity index (χ0n) is 15.0. The predicted molar refractivity (Wildman–Crippen MR) is 97.0 cm³/mol. The highest BCUT2D eigenvalue weighted by Gasteiger charge is 2.23. The first-order valence-corrected chi connectivity index (χ1v) is 8.58. The SMILES string of the molecule is Cc1cc(C)cc(C(=O)OCC(=O)N2CCN(c3ncccn3)CC2)c1. The summed E-state index contributed by atoms with van der Waals surface area (Å²) in [4.78, 5) is 36.6. The molecule has 2 heterocycles. The molecule has 1 aliphatic heterocycles. The highest BCUT2D eigenvalue weighted by Crippen LogP contribution is 2.12. The zero-order valence-corrected chi connectivity index (χ0v) is 15.0. The number of benzene rings is 1. The van der Waals surface area contributed by atoms with Crippen LogP contribution in [0.4, 0.5) is 5.95 Å². The van der Waals surface area contributed by atoms with Crippen LogP contribution in [0.5, 0.6) is 0 Å². The maximum atomic E-state index is 12.3. The van der Waals surface area contributed by atoms with Crippen LogP contribution in [-0.4, -0.2) is 59.5 Å². The predicted octanol–water partition coefficient (Wildman–Crippen LogP) is 1.60. The Morgan fingerprint density at radius 1 is 1.00 bits per heavy atom. The van der Waals surface area contributed by atoms with Crippen molar-refractivity contribution >= 4 is 17.8 Å². The molecular formula is C19H22N4O3. The van der Waals surface area contributed by atoms with Crippen LogP contribution in [0.25, 0.3) is 0 Å². The monoisotopic (exact) mass is 354 g/mol. The van der Waals surface area contributed by atoms with Gasteiger partial charge in [-0.1, -0.05) is 17.2 Å². The maximum absolute atomic E-state index is 12.3. The summed E-state index contributed by atoms with van der Waals surface area (Å²) in [7, 11) is 0. The summed E-state index contributed by atoms with van der Waals surface area (Å²) >= 11 is 0. The number of ether oxygens (including phenoxy) is 1. The molecule has 26 heavy (non-hydrogen) atoms. The number of esters is 1. The average Bonchev–Trinajstić information content (AvgIpc) is 2.66. The van der Waals surface area contributed by atoms with Gasteiger partial charge in [0.15, 0.2) is 6.61 Å². The van der Waals surface area contributed by atoms with Crippen LogP contribution in [0.1, 0.15) is 21.5 Å². The van der Waals surface area contributed by atoms with Gasteiger partial charge in [-0.15, -0.1) is 0 Å². The van der Waals surface area contributed by atoms with Crippen molar-refractivity contribution in [3.63, 3.8) is 0 Å². The third-order valence-electron chi connectivity index (χ3n) is 4.25. The van der Waals surface area contributed by atoms with Gasteiger partial charge in [-0.25, -0.2) is 14.8 Å². The summed E-state index contributed by atoms with van der Waals surface area (Å²) in [6, 6.07) is 7.28. The minimum absolute atomic E-state index is 0.184. The summed E-state index contributed by atoms with van der Waals surface area (Å²) in [5, 5.41) is 0. The summed E-state index contributed by atoms with van der Waals surface area (Å²) in [5.41, 5.74) is 2.45. The van der Waals surface area contributed by atoms with Gasteiger partial charge in [0.2, 0.25) is 5.95 Å². The van der Waals surface area contributed by atoms with Crippen LogP contribution in [0.15, 0.2) is 36.7 Å². The van der Waals surface area contributed by atoms with Crippen LogP contribution < -0.4 is 4.90 Å². The summed E-state index contributed by atoms with van der Waals surface area (Å²) in [6.07, 6.45) is 3.40. The number of anilines is 1. The Bertz CT molecular complexity index is 766. The lowest BCUT2D eigenvalue weighted by Gasteiger charge is -2.34. The Labute approximate surface area is 152 Å². The van der Waals surface area contributed by atoms with E-state index >= 15 is 0 Å². The van der Waals surface area contributed by atoms with Crippen molar-refractivity contribution in [1.82, 2.24) is 14.9 Å². The van der Waals surface area contributed by atoms with E-state index in [0.717, 1.165) is 11.1 Å². The van der Waals surface area contributed by atoms with Crippen LogP contribution in [0, 0.1) is 13.8 Å². The fourth-order valence-electron chi connectivity index (χ4n) is 3.00. The van der Waals surface area contributed by atoms with Gasteiger partial charge < -0.3 is 14.5 Å². The summed E-state index contributed by atoms with van der Waals surface area (Å²) < 4.78 is 5.20. The van der Waals surface area contributed by atoms with Crippen molar-refractivity contribution in [2.75, 3.05) is 37.7 Å². The van der Waals surface area contributed by atoms with Crippen molar-refractivity contribution in [1.29, 1.82) is 0 Å². The van der Waals surface area contributed by atoms with E-state index in [4.69, 9.17) is 4.74 Å². The number of rotatable bonds is 4. The number of carbonyl (C=O) groups excluding carboxylic acids is 2. The van der Waals surface area contributed by atoms with Gasteiger partial charge in [-0.2, -0.15) is 0 Å². The van der Waals surface area contributed by atoms with E-state index in [1.807, 2.05) is 24.8 Å². The lowest BCUT2D eigenvalue weighted by atomic mass is 10.1. The van der Waals surface area contributed by atoms with Crippen molar-refractivity contribution in [2.45, 2.75) is 13.8 Å². The molecule has 7 heteroatoms. The minimum Gasteiger partial charge on any atom is -0.452 e. The number of amides is 1. The van der Waals surface area contributed by atoms with E-state index in [9.17, 15) is 9.59 Å². The number of carbonyl (C=O) groups is 2. The molecule has 7 nitrogen and oxygen atoms in total. The fourth-order valence-corrected chi connectivity index (χ4v) is 3.00. The molecule has 1 aromatic heterocycles. The molecule has 0 aliphatic carbocycles. The first-order valence-electron chi connectivity index (χ1n) is 8.58. The Balaban J connectivity index is 1.49. The van der Waals surface area contributed by atoms with E-state index in [2.05, 4.69) is 9.97 Å². The molecule has 0 saturated carbocycles. The third-order valence-corrected chi connectivity index (χ3v) is 4.25. The Morgan fingerprint density at radius 2 is 1.62 bits per heavy atom. The average molecular weight is 354 g/mol. The highest BCUT2D eigenvalue weighted by molar-refractivity contribution is 5.91. The van der Waals surface area contributed by atoms with Gasteiger partial charge >= 0.3 is 5.97 Å². The van der Waals surface area contributed by atoms with Gasteiger partial charge in [0.25, 0.3) is 5.91 Å². The Kier molecular flexibility index (Phi) is 5.46. The molecule has 1 amide bonds. The van der Waals surface area contributed by atoms with Crippen LogP contribution in [-0.2, 0) is 9.53 Å². The second-order valence-electron chi connectivity index (χ2n) is 6.37. The maximum Gasteiger partial charge on any atom is 0.338 e. The topological polar surface area (TPSA) is 75.6 Å². The van der Waals surface area contributed by atoms with E-state index in [-0.39, 0.29) is 12.5 Å². The molecule has 2 aromatic rings. The lowest BCUT2D eigenvalue weighted by molar-refractivity contribution is -0.134. The molecular weight excluding hydrogens is 332 g/mol. The minimum atomic E-state index is -0.471. The molecule has 1 aliphatic rings. The zero-order chi connectivity index (χ0) is 18.5. The molecule has 0 spiro atoms. The van der Waals surface area contributed by atoms with Gasteiger partial charge in [0.05, 0.1) is 5.56 Å². The van der Waals surface area contributed by atoms with Gasteiger partial charge in [-0.3, -0.25) is 4.79 Å². The van der Waals surface area contributed by atoms with E-state index in [1.54, 1.807) is 35.5 Å². The second-order valence-corrected chi connectivity index (χ2v) is 6.37. The quantitative estimate of drug-likeness (QED) is 0.777. The van der Waals surface area contributed by atoms with E-state index in [1.165, 1.54) is 0 Å². The number of hydrogen-bond acceptors (Lipinski definition) is 6. The smallest absolute Gasteiger partial charge is 0.338 e. The van der Waals surface area contributed by atoms with E-state index in [0.29, 0.717) is 37.7 Å². The number of aryl methyl sites for hydroxylation is 2. The summed E-state index contributed by atoms with van der Waals surface area (Å²) in [6.45, 7) is 6.02. The lowest BCUT2D eigenvalue weighted by Crippen LogP contribution is -2.50. The Morgan fingerprint density at radius 3 is 2.23 bits per heavy atom. The molecule has 3 rings (SSSR count). The van der Waals surface area contributed by atoms with Crippen molar-refractivity contribution < 1.29 is 14.3 Å². The highest BCUT2D eigenvalue weighted by atomic mass is 16.5. The number of hydrogen-bond donors (Lipinski definition) is 0. The third kappa shape index (κ3) is 4.36. The molecule has 0 bridgehead atoms. The standard InChI is InChI=1S/C19H22N4O3/c1-14-10-15(2)12-16(11-14)18(25)26-13-17(24)22-6-8-23(9-7-22)19-20-4-3-5-21-19/h3-5,10-12H,6-9,13H2,1-2H3. The number of nitrogens with zero attached hydrogens (tertiary/aromatic N) is 4. The molecule has 0 atom stereocenters. The van der Waals surface area contributed by atoms with Crippen molar-refractivity contribution in [3.8, 4) is 0 Å². The van der Waals surface area contributed by atoms with E-state index < -0.39 is 5.97 Å². The van der Waals surface area contributed by atoms with Crippen molar-refractivity contribution in [3.05, 3.63) is 53.3 Å². The molecule has 136 valence electrons. The summed E-state index contributed by atoms with van der Waals surface area (Å²) in [5.74, 6) is 0.0127. The van der Waals surface area contributed by atoms with Crippen LogP contribution >= 0.6 is 0 Å².